The molecular formula is C52H76N10O6S2. The van der Waals surface area contributed by atoms with Crippen LogP contribution in [0.25, 0.3) is 0 Å². The molecule has 2 aromatic heterocycles. The Labute approximate surface area is 423 Å². The molecule has 6 rings (SSSR count). The Balaban J connectivity index is 1.18. The largest absolute Gasteiger partial charge is 0.379 e. The van der Waals surface area contributed by atoms with Gasteiger partial charge in [0.05, 0.1) is 60.9 Å². The molecule has 0 saturated carbocycles. The van der Waals surface area contributed by atoms with Gasteiger partial charge in [-0.2, -0.15) is 0 Å². The molecule has 70 heavy (non-hydrogen) atoms. The van der Waals surface area contributed by atoms with E-state index in [4.69, 9.17) is 19.4 Å². The van der Waals surface area contributed by atoms with Crippen molar-refractivity contribution >= 4 is 46.6 Å². The van der Waals surface area contributed by atoms with Crippen LogP contribution in [0.4, 0.5) is 9.59 Å². The maximum atomic E-state index is 14.6. The van der Waals surface area contributed by atoms with E-state index in [2.05, 4.69) is 83.0 Å². The minimum absolute atomic E-state index is 0.261. The molecule has 4 unspecified atom stereocenters. The zero-order valence-corrected chi connectivity index (χ0v) is 43.7. The van der Waals surface area contributed by atoms with Crippen LogP contribution in [-0.4, -0.2) is 157 Å². The number of thiazole rings is 2. The highest BCUT2D eigenvalue weighted by atomic mass is 32.1. The third kappa shape index (κ3) is 18.0. The molecule has 4 atom stereocenters. The molecule has 382 valence electrons. The summed E-state index contributed by atoms with van der Waals surface area (Å²) in [6.45, 7) is 15.8. The topological polar surface area (TPSA) is 174 Å². The number of rotatable bonds is 25. The summed E-state index contributed by atoms with van der Waals surface area (Å²) >= 11 is 3.17. The van der Waals surface area contributed by atoms with Crippen LogP contribution in [0.1, 0.15) is 97.7 Å². The van der Waals surface area contributed by atoms with Crippen LogP contribution < -0.4 is 21.3 Å². The molecule has 2 aliphatic rings. The number of nitrogens with zero attached hydrogens (tertiary/aromatic N) is 6. The number of amides is 6. The number of hydrogen-bond acceptors (Lipinski definition) is 12. The summed E-state index contributed by atoms with van der Waals surface area (Å²) in [5.74, 6) is 0.0633. The summed E-state index contributed by atoms with van der Waals surface area (Å²) in [6.07, 6.45) is 2.99. The molecule has 0 bridgehead atoms. The second kappa shape index (κ2) is 28.2. The summed E-state index contributed by atoms with van der Waals surface area (Å²) in [4.78, 5) is 73.9. The van der Waals surface area contributed by atoms with Crippen molar-refractivity contribution in [2.24, 2.45) is 0 Å². The van der Waals surface area contributed by atoms with Gasteiger partial charge < -0.3 is 40.5 Å². The molecule has 4 N–H and O–H groups in total. The lowest BCUT2D eigenvalue weighted by Gasteiger charge is -2.31. The van der Waals surface area contributed by atoms with Gasteiger partial charge in [0.1, 0.15) is 12.1 Å². The van der Waals surface area contributed by atoms with Crippen LogP contribution in [0.3, 0.4) is 0 Å². The number of carbonyl (C=O) groups excluding carboxylic acids is 4. The Kier molecular flexibility index (Phi) is 21.9. The van der Waals surface area contributed by atoms with Crippen LogP contribution >= 0.6 is 22.7 Å². The minimum atomic E-state index is -0.806. The van der Waals surface area contributed by atoms with Crippen LogP contribution in [-0.2, 0) is 45.0 Å². The number of carbonyl (C=O) groups is 4. The summed E-state index contributed by atoms with van der Waals surface area (Å²) < 4.78 is 11.2. The smallest absolute Gasteiger partial charge is 0.318 e. The Hall–Kier alpha value is -4.98. The molecule has 4 aromatic rings. The van der Waals surface area contributed by atoms with Crippen molar-refractivity contribution < 1.29 is 28.7 Å². The Morgan fingerprint density at radius 1 is 0.571 bits per heavy atom. The summed E-state index contributed by atoms with van der Waals surface area (Å²) in [5.41, 5.74) is 3.74. The zero-order chi connectivity index (χ0) is 49.8. The van der Waals surface area contributed by atoms with Crippen molar-refractivity contribution in [3.05, 3.63) is 104 Å². The molecule has 2 fully saturated rings. The van der Waals surface area contributed by atoms with Crippen molar-refractivity contribution in [3.63, 3.8) is 0 Å². The van der Waals surface area contributed by atoms with E-state index in [9.17, 15) is 19.2 Å². The van der Waals surface area contributed by atoms with E-state index in [-0.39, 0.29) is 36.0 Å². The third-order valence-corrected chi connectivity index (χ3v) is 15.1. The molecule has 6 amide bonds. The van der Waals surface area contributed by atoms with Gasteiger partial charge in [-0.05, 0) is 49.7 Å². The van der Waals surface area contributed by atoms with Gasteiger partial charge in [0.2, 0.25) is 11.8 Å². The molecule has 0 radical (unpaired) electrons. The van der Waals surface area contributed by atoms with Gasteiger partial charge in [0.15, 0.2) is 0 Å². The Morgan fingerprint density at radius 2 is 0.943 bits per heavy atom. The lowest BCUT2D eigenvalue weighted by atomic mass is 9.95. The molecular weight excluding hydrogens is 925 g/mol. The number of morpholine rings is 2. The first-order chi connectivity index (χ1) is 33.8. The SMILES string of the molecule is CC(C)c1nc(CN(C)C(=O)NC(CCN2CCOCC2)C(=O)NC(CCC(Cc2ccccc2)NC(=O)C(CCN2CCOCC2)NC(=O)N(C)Cc2csc(C(C)C)n2)Cc2ccccc2)cs1. The number of hydrogen-bond donors (Lipinski definition) is 4. The standard InChI is InChI=1S/C52H76N10O6S2/c1-37(2)49-55-43(35-69-49)33-59(5)51(65)57-45(19-21-61-23-27-67-28-24-61)47(63)53-41(31-39-13-9-7-10-14-39)17-18-42(32-40-15-11-8-12-16-40)54-48(64)46(20-22-62-25-29-68-30-26-62)58-52(66)60(6)34-44-36-70-50(56-44)38(3)4/h7-16,35-38,41-42,45-46H,17-34H2,1-6H3,(H,53,63)(H,54,64)(H,57,65)(H,58,66). The van der Waals surface area contributed by atoms with E-state index in [1.54, 1.807) is 46.6 Å². The van der Waals surface area contributed by atoms with Crippen molar-refractivity contribution in [1.82, 2.24) is 50.8 Å². The van der Waals surface area contributed by atoms with E-state index < -0.39 is 12.1 Å². The second-order valence-electron chi connectivity index (χ2n) is 19.2. The van der Waals surface area contributed by atoms with Gasteiger partial charge >= 0.3 is 12.1 Å². The fourth-order valence-corrected chi connectivity index (χ4v) is 10.2. The summed E-state index contributed by atoms with van der Waals surface area (Å²) in [7, 11) is 3.45. The zero-order valence-electron chi connectivity index (χ0n) is 42.1. The highest BCUT2D eigenvalue weighted by Gasteiger charge is 2.30. The summed E-state index contributed by atoms with van der Waals surface area (Å²) in [5, 5.41) is 18.9. The van der Waals surface area contributed by atoms with E-state index >= 15 is 0 Å². The van der Waals surface area contributed by atoms with Gasteiger partial charge in [-0.3, -0.25) is 19.4 Å². The second-order valence-corrected chi connectivity index (χ2v) is 21.0. The first-order valence-corrected chi connectivity index (χ1v) is 26.8. The molecule has 2 aromatic carbocycles. The highest BCUT2D eigenvalue weighted by Crippen LogP contribution is 2.22. The monoisotopic (exact) mass is 1000 g/mol. The molecule has 0 spiro atoms. The van der Waals surface area contributed by atoms with Crippen LogP contribution in [0.15, 0.2) is 71.4 Å². The van der Waals surface area contributed by atoms with E-state index in [1.807, 2.05) is 47.2 Å². The van der Waals surface area contributed by atoms with Crippen molar-refractivity contribution in [1.29, 1.82) is 0 Å². The average molecular weight is 1000 g/mol. The Morgan fingerprint density at radius 3 is 1.29 bits per heavy atom. The van der Waals surface area contributed by atoms with Gasteiger partial charge in [-0.25, -0.2) is 19.6 Å². The maximum absolute atomic E-state index is 14.6. The van der Waals surface area contributed by atoms with Crippen LogP contribution in [0.2, 0.25) is 0 Å². The predicted molar refractivity (Wildman–Crippen MR) is 277 cm³/mol. The highest BCUT2D eigenvalue weighted by molar-refractivity contribution is 7.10. The molecule has 4 heterocycles. The first kappa shape index (κ1) is 54.4. The van der Waals surface area contributed by atoms with Crippen molar-refractivity contribution in [2.45, 2.75) is 115 Å². The minimum Gasteiger partial charge on any atom is -0.379 e. The van der Waals surface area contributed by atoms with Gasteiger partial charge in [0.25, 0.3) is 0 Å². The number of urea groups is 2. The van der Waals surface area contributed by atoms with E-state index in [0.717, 1.165) is 58.7 Å². The Bertz CT molecular complexity index is 2040. The maximum Gasteiger partial charge on any atom is 0.318 e. The number of nitrogens with one attached hydrogen (secondary N) is 4. The quantitative estimate of drug-likeness (QED) is 0.0595. The van der Waals surface area contributed by atoms with Crippen molar-refractivity contribution in [2.75, 3.05) is 79.8 Å². The fourth-order valence-electron chi connectivity index (χ4n) is 8.53. The lowest BCUT2D eigenvalue weighted by Crippen LogP contribution is -2.54. The molecule has 18 heteroatoms. The fraction of sp³-hybridized carbons (Fsp3) is 0.577. The first-order valence-electron chi connectivity index (χ1n) is 25.0. The van der Waals surface area contributed by atoms with Gasteiger partial charge in [-0.15, -0.1) is 22.7 Å². The van der Waals surface area contributed by atoms with E-state index in [1.165, 1.54) is 0 Å². The van der Waals surface area contributed by atoms with Crippen LogP contribution in [0, 0.1) is 0 Å². The molecule has 2 saturated heterocycles. The van der Waals surface area contributed by atoms with Gasteiger partial charge in [0, 0.05) is 88.0 Å². The number of ether oxygens (including phenoxy) is 2. The van der Waals surface area contributed by atoms with Gasteiger partial charge in [-0.1, -0.05) is 88.4 Å². The van der Waals surface area contributed by atoms with Crippen LogP contribution in [0.5, 0.6) is 0 Å². The lowest BCUT2D eigenvalue weighted by molar-refractivity contribution is -0.125. The van der Waals surface area contributed by atoms with Crippen molar-refractivity contribution in [3.8, 4) is 0 Å². The predicted octanol–water partition coefficient (Wildman–Crippen LogP) is 6.25. The average Bonchev–Trinajstić information content (AvgIpc) is 4.05. The molecule has 0 aliphatic carbocycles. The van der Waals surface area contributed by atoms with E-state index in [0.29, 0.717) is 103 Å². The molecule has 16 nitrogen and oxygen atoms in total. The molecule has 2 aliphatic heterocycles. The number of benzene rings is 2. The number of aromatic nitrogens is 2. The normalized spacial score (nSPS) is 16.3. The third-order valence-electron chi connectivity index (χ3n) is 12.7. The summed E-state index contributed by atoms with van der Waals surface area (Å²) in [6, 6.07) is 17.1.